The van der Waals surface area contributed by atoms with Gasteiger partial charge in [0.25, 0.3) is 0 Å². The third kappa shape index (κ3) is 18.2. The number of halogens is 8. The summed E-state index contributed by atoms with van der Waals surface area (Å²) in [7, 11) is 3.27. The second-order valence-corrected chi connectivity index (χ2v) is 41.8. The van der Waals surface area contributed by atoms with Gasteiger partial charge in [-0.25, -0.2) is 19.3 Å². The molecule has 10 aromatic heterocycles. The minimum Gasteiger partial charge on any atom is -0.493 e. The molecule has 0 spiro atoms. The number of rotatable bonds is 13. The number of benzene rings is 15. The Kier molecular flexibility index (Phi) is 25.6. The van der Waals surface area contributed by atoms with E-state index in [0.29, 0.717) is 17.3 Å². The maximum atomic E-state index is 13.8. The molecule has 2 aliphatic heterocycles. The third-order valence-electron chi connectivity index (χ3n) is 26.0. The maximum absolute atomic E-state index is 13.8. The molecule has 8 N–H and O–H groups in total. The molecule has 0 bridgehead atoms. The molecule has 0 unspecified atom stereocenters. The average molecular weight is 2410 g/mol. The van der Waals surface area contributed by atoms with Crippen molar-refractivity contribution in [2.75, 3.05) is 14.2 Å². The molecule has 25 heteroatoms. The summed E-state index contributed by atoms with van der Waals surface area (Å²) in [6.07, 6.45) is 15.3. The molecule has 694 valence electrons. The highest BCUT2D eigenvalue weighted by Gasteiger charge is 2.29. The molecule has 0 aliphatic carbocycles. The number of allylic oxidation sites excluding steroid dienone is 1. The molecule has 0 amide bonds. The summed E-state index contributed by atoms with van der Waals surface area (Å²) in [6, 6.07) is 105. The van der Waals surface area contributed by atoms with E-state index < -0.39 is 0 Å². The molecule has 2 aliphatic rings. The number of methoxy groups -OCH3 is 2. The van der Waals surface area contributed by atoms with Crippen molar-refractivity contribution in [1.82, 2.24) is 64.8 Å². The van der Waals surface area contributed by atoms with Crippen LogP contribution >= 0.6 is 125 Å². The lowest BCUT2D eigenvalue weighted by Gasteiger charge is -2.09. The second-order valence-electron chi connectivity index (χ2n) is 34.7. The normalized spacial score (nSPS) is 12.3. The Morgan fingerprint density at radius 1 is 0.322 bits per heavy atom. The monoisotopic (exact) mass is 2410 g/mol. The van der Waals surface area contributed by atoms with Gasteiger partial charge in [0.2, 0.25) is 0 Å². The van der Waals surface area contributed by atoms with Gasteiger partial charge in [-0.15, -0.1) is 0 Å². The molecule has 25 aromatic rings. The maximum Gasteiger partial charge on any atom is 0.161 e. The van der Waals surface area contributed by atoms with Crippen LogP contribution in [-0.4, -0.2) is 90.4 Å². The Morgan fingerprint density at radius 3 is 1.35 bits per heavy atom. The van der Waals surface area contributed by atoms with E-state index in [-0.39, 0.29) is 5.82 Å². The van der Waals surface area contributed by atoms with Gasteiger partial charge in [0.15, 0.2) is 11.5 Å². The van der Waals surface area contributed by atoms with Crippen molar-refractivity contribution >= 4 is 262 Å². The van der Waals surface area contributed by atoms with Crippen LogP contribution in [0.1, 0.15) is 39.8 Å². The lowest BCUT2D eigenvalue weighted by molar-refractivity contribution is 0.355. The van der Waals surface area contributed by atoms with Crippen LogP contribution in [0.2, 0.25) is 0 Å². The molecule has 15 aromatic carbocycles. The molecule has 0 atom stereocenters. The standard InChI is InChI=1S/C25H20BrN3O2.C24H15BrI2N2.C24H17N3.C23H14Br2FN3.C22H13BrN4/c1-30-21-11-8-16(12-22(21)31-2)24-23(15-6-4-3-5-7-15)28-25(29-24)19-14-27-20-10-9-17(26)13-18(19)20;25-16-7-8-22-20(11-16)21(13-28-22)23-12-19(14-3-1-5-17(26)9-14)24(29-23)15-4-2-6-18(27)10-15;1-14-10-11-21-19(12-14)20(13-25-21)24-26-22-17-8-4-2-6-15(17)16-7-3-5-9-18(16)23(22)27-24;24-15-5-1-13(2-6-15)21-22(14-3-7-16(25)8-4-14)29-23(28-21)19-12-27-20-10-9-17(26)11-18(19)20;23-12-5-6-18-15(9-12)17(11-26-18)19-10-16-13-3-1-7-24-21(13)22-14(20(16)27-19)4-2-8-25-22/h3-14,27H,1-2H3,(H,28,29);1-11,13,28H,12H2;2-13,25H,1H3,(H,26,27);1-12,27H,(H,28,29);1-9,11,26H,10H2. The number of hydrogen-bond acceptors (Lipinski definition) is 9. The van der Waals surface area contributed by atoms with E-state index in [1.165, 1.54) is 90.4 Å². The van der Waals surface area contributed by atoms with Crippen molar-refractivity contribution < 1.29 is 13.9 Å². The highest BCUT2D eigenvalue weighted by molar-refractivity contribution is 14.1. The van der Waals surface area contributed by atoms with Crippen LogP contribution in [0.25, 0.3) is 199 Å². The number of H-pyrrole nitrogens is 8. The number of aromatic nitrogens is 13. The van der Waals surface area contributed by atoms with E-state index >= 15 is 0 Å². The molecule has 12 heterocycles. The zero-order chi connectivity index (χ0) is 97.2. The summed E-state index contributed by atoms with van der Waals surface area (Å²) in [5, 5.41) is 12.6. The average Bonchev–Trinajstić information content (AvgIpc) is 1.61. The van der Waals surface area contributed by atoms with Crippen molar-refractivity contribution in [2.45, 2.75) is 19.8 Å². The quantitative estimate of drug-likeness (QED) is 0.0410. The number of aliphatic imine (C=N–C) groups is 2. The van der Waals surface area contributed by atoms with Crippen LogP contribution in [0.15, 0.2) is 385 Å². The van der Waals surface area contributed by atoms with Crippen LogP contribution in [0, 0.1) is 19.9 Å². The van der Waals surface area contributed by atoms with E-state index in [4.69, 9.17) is 34.4 Å². The first-order chi connectivity index (χ1) is 69.9. The van der Waals surface area contributed by atoms with Crippen LogP contribution in [0.5, 0.6) is 11.5 Å². The van der Waals surface area contributed by atoms with Gasteiger partial charge in [-0.05, 0) is 249 Å². The first-order valence-electron chi connectivity index (χ1n) is 45.9. The molecule has 143 heavy (non-hydrogen) atoms. The Hall–Kier alpha value is -14.3. The van der Waals surface area contributed by atoms with Crippen LogP contribution < -0.4 is 9.47 Å². The number of pyridine rings is 2. The smallest absolute Gasteiger partial charge is 0.161 e. The number of nitrogens with zero attached hydrogens (tertiary/aromatic N) is 7. The van der Waals surface area contributed by atoms with Gasteiger partial charge >= 0.3 is 0 Å². The van der Waals surface area contributed by atoms with E-state index in [1.54, 1.807) is 20.3 Å². The summed E-state index contributed by atoms with van der Waals surface area (Å²) >= 11 is 22.5. The Bertz CT molecular complexity index is 9280. The van der Waals surface area contributed by atoms with Crippen LogP contribution in [0.4, 0.5) is 10.1 Å². The highest BCUT2D eigenvalue weighted by atomic mass is 127. The van der Waals surface area contributed by atoms with Gasteiger partial charge in [-0.2, -0.15) is 0 Å². The minimum atomic E-state index is -0.272. The minimum absolute atomic E-state index is 0.272. The Labute approximate surface area is 887 Å². The fourth-order valence-corrected chi connectivity index (χ4v) is 21.9. The molecule has 0 saturated carbocycles. The van der Waals surface area contributed by atoms with E-state index in [0.717, 1.165) is 208 Å². The van der Waals surface area contributed by atoms with Crippen molar-refractivity contribution in [3.05, 3.63) is 421 Å². The molecule has 0 radical (unpaired) electrons. The summed E-state index contributed by atoms with van der Waals surface area (Å²) in [6.45, 7) is 2.12. The molecule has 17 nitrogen and oxygen atoms in total. The molecule has 27 rings (SSSR count). The number of ether oxygens (including phenoxy) is 2. The van der Waals surface area contributed by atoms with E-state index in [2.05, 4.69) is 376 Å². The molecular weight excluding hydrogens is 2330 g/mol. The van der Waals surface area contributed by atoms with Crippen molar-refractivity contribution in [3.8, 4) is 90.7 Å². The third-order valence-corrected chi connectivity index (χ3v) is 29.9. The topological polar surface area (TPSA) is 234 Å². The number of hydrogen-bond donors (Lipinski definition) is 8. The number of fused-ring (bicyclic) bond motifs is 17. The predicted octanol–water partition coefficient (Wildman–Crippen LogP) is 34.2. The SMILES string of the molecule is Brc1ccc2[nH]cc(C3=NC(c4cccc(I)c4)=C(c4cccc(I)c4)C3)c2c1.Brc1ccc2[nH]cc(C3=Nc4c(c5cccnc5c5ncccc45)C3)c2c1.COc1ccc(-c2nc(-c3c[nH]c4ccc(Br)cc34)[nH]c2-c2ccccc2)cc1OC.Cc1ccc2[nH]cc(-c3nc4c5ccccc5c5ccccc5c4[nH]3)c2c1.Fc1ccc2[nH]cc(-c3nc(-c4ccc(Br)cc4)c(-c4ccc(Br)cc4)[nH]3)c2c1. The van der Waals surface area contributed by atoms with E-state index in [9.17, 15) is 4.39 Å². The molecule has 0 fully saturated rings. The van der Waals surface area contributed by atoms with Crippen LogP contribution in [0.3, 0.4) is 0 Å². The first kappa shape index (κ1) is 92.4. The fraction of sp³-hybridized carbons (Fsp3) is 0.0424. The number of aryl methyl sites for hydroxylation is 1. The molecular formula is C118H79Br5FI2N15O2. The second kappa shape index (κ2) is 39.5. The molecule has 0 saturated heterocycles. The Morgan fingerprint density at radius 2 is 0.762 bits per heavy atom. The first-order valence-corrected chi connectivity index (χ1v) is 52.0. The van der Waals surface area contributed by atoms with E-state index in [1.807, 2.05) is 140 Å². The zero-order valence-electron chi connectivity index (χ0n) is 76.4. The highest BCUT2D eigenvalue weighted by Crippen LogP contribution is 2.47. The zero-order valence-corrected chi connectivity index (χ0v) is 88.6. The van der Waals surface area contributed by atoms with Crippen LogP contribution in [-0.2, 0) is 6.42 Å². The van der Waals surface area contributed by atoms with Crippen molar-refractivity contribution in [2.24, 2.45) is 9.98 Å². The van der Waals surface area contributed by atoms with Gasteiger partial charge in [0.1, 0.15) is 23.3 Å². The number of imidazole rings is 3. The fourth-order valence-electron chi connectivity index (χ4n) is 19.2. The summed E-state index contributed by atoms with van der Waals surface area (Å²) in [5.74, 6) is 3.48. The summed E-state index contributed by atoms with van der Waals surface area (Å²) in [5.41, 5.74) is 32.6. The predicted molar refractivity (Wildman–Crippen MR) is 618 cm³/mol. The van der Waals surface area contributed by atoms with Gasteiger partial charge in [-0.1, -0.05) is 225 Å². The summed E-state index contributed by atoms with van der Waals surface area (Å²) in [4.78, 5) is 61.7. The lowest BCUT2D eigenvalue weighted by Crippen LogP contribution is -2.00. The van der Waals surface area contributed by atoms with Crippen molar-refractivity contribution in [1.29, 1.82) is 0 Å². The van der Waals surface area contributed by atoms with Gasteiger partial charge in [0, 0.05) is 217 Å². The van der Waals surface area contributed by atoms with Gasteiger partial charge in [0.05, 0.1) is 81.9 Å². The Balaban J connectivity index is 0.0000000992. The summed E-state index contributed by atoms with van der Waals surface area (Å²) < 4.78 is 32.4. The van der Waals surface area contributed by atoms with Gasteiger partial charge < -0.3 is 49.3 Å². The largest absolute Gasteiger partial charge is 0.493 e. The number of nitrogens with one attached hydrogen (secondary N) is 8. The van der Waals surface area contributed by atoms with Gasteiger partial charge in [-0.3, -0.25) is 20.0 Å². The lowest BCUT2D eigenvalue weighted by atomic mass is 9.96. The van der Waals surface area contributed by atoms with Crippen molar-refractivity contribution in [3.63, 3.8) is 0 Å². The number of aromatic amines is 8.